The van der Waals surface area contributed by atoms with Crippen LogP contribution < -0.4 is 5.32 Å². The van der Waals surface area contributed by atoms with Gasteiger partial charge in [-0.15, -0.1) is 0 Å². The number of halogens is 1. The first-order chi connectivity index (χ1) is 12.9. The van der Waals surface area contributed by atoms with E-state index >= 15 is 0 Å². The lowest BCUT2D eigenvalue weighted by atomic mass is 9.84. The molecule has 0 fully saturated rings. The second-order valence-electron chi connectivity index (χ2n) is 6.23. The van der Waals surface area contributed by atoms with Crippen molar-refractivity contribution in [3.05, 3.63) is 111 Å². The summed E-state index contributed by atoms with van der Waals surface area (Å²) in [5.74, 6) is -0.412. The molecule has 136 valence electrons. The first-order valence-electron chi connectivity index (χ1n) is 8.29. The summed E-state index contributed by atoms with van der Waals surface area (Å²) in [6.45, 7) is 1.91. The number of benzene rings is 3. The average molecular weight is 381 g/mol. The molecule has 5 nitrogen and oxygen atoms in total. The van der Waals surface area contributed by atoms with Crippen LogP contribution in [0.3, 0.4) is 0 Å². The SMILES string of the molecule is CC(NC(=O)c1ccc([N+](=O)[O-])cc1Cl)(c1ccccc1)c1ccccc1. The van der Waals surface area contributed by atoms with E-state index < -0.39 is 16.4 Å². The van der Waals surface area contributed by atoms with E-state index in [1.165, 1.54) is 18.2 Å². The summed E-state index contributed by atoms with van der Waals surface area (Å²) in [7, 11) is 0. The topological polar surface area (TPSA) is 72.2 Å². The number of carbonyl (C=O) groups is 1. The number of non-ortho nitro benzene ring substituents is 1. The van der Waals surface area contributed by atoms with Crippen molar-refractivity contribution < 1.29 is 9.72 Å². The number of rotatable bonds is 5. The van der Waals surface area contributed by atoms with Crippen LogP contribution in [-0.4, -0.2) is 10.8 Å². The van der Waals surface area contributed by atoms with Crippen LogP contribution in [0.1, 0.15) is 28.4 Å². The van der Waals surface area contributed by atoms with Crippen molar-refractivity contribution in [1.82, 2.24) is 5.32 Å². The minimum absolute atomic E-state index is 0.0326. The van der Waals surface area contributed by atoms with Crippen LogP contribution in [0.2, 0.25) is 5.02 Å². The molecule has 0 aliphatic carbocycles. The number of nitrogens with one attached hydrogen (secondary N) is 1. The van der Waals surface area contributed by atoms with Crippen molar-refractivity contribution in [2.24, 2.45) is 0 Å². The molecule has 0 radical (unpaired) electrons. The van der Waals surface area contributed by atoms with Gasteiger partial charge in [0.1, 0.15) is 0 Å². The number of hydrogen-bond acceptors (Lipinski definition) is 3. The van der Waals surface area contributed by atoms with Gasteiger partial charge in [-0.05, 0) is 24.1 Å². The minimum atomic E-state index is -0.801. The number of carbonyl (C=O) groups excluding carboxylic acids is 1. The number of nitrogens with zero attached hydrogens (tertiary/aromatic N) is 1. The van der Waals surface area contributed by atoms with Gasteiger partial charge in [-0.3, -0.25) is 14.9 Å². The number of nitro groups is 1. The van der Waals surface area contributed by atoms with Crippen molar-refractivity contribution in [3.63, 3.8) is 0 Å². The van der Waals surface area contributed by atoms with Gasteiger partial charge in [0.05, 0.1) is 21.0 Å². The fraction of sp³-hybridized carbons (Fsp3) is 0.0952. The molecule has 1 N–H and O–H groups in total. The summed E-state index contributed by atoms with van der Waals surface area (Å²) in [6, 6.07) is 23.0. The standard InChI is InChI=1S/C21H17ClN2O3/c1-21(15-8-4-2-5-9-15,16-10-6-3-7-11-16)23-20(25)18-13-12-17(24(26)27)14-19(18)22/h2-14H,1H3,(H,23,25). The average Bonchev–Trinajstić information content (AvgIpc) is 2.69. The quantitative estimate of drug-likeness (QED) is 0.503. The van der Waals surface area contributed by atoms with Crippen LogP contribution in [0.4, 0.5) is 5.69 Å². The molecule has 0 saturated heterocycles. The third-order valence-corrected chi connectivity index (χ3v) is 4.79. The summed E-state index contributed by atoms with van der Waals surface area (Å²) >= 11 is 6.12. The van der Waals surface area contributed by atoms with Gasteiger partial charge in [0, 0.05) is 12.1 Å². The van der Waals surface area contributed by atoms with Gasteiger partial charge in [0.2, 0.25) is 0 Å². The maximum absolute atomic E-state index is 12.9. The van der Waals surface area contributed by atoms with Crippen LogP contribution in [0.25, 0.3) is 0 Å². The van der Waals surface area contributed by atoms with Crippen LogP contribution in [0.15, 0.2) is 78.9 Å². The van der Waals surface area contributed by atoms with Gasteiger partial charge >= 0.3 is 0 Å². The first-order valence-corrected chi connectivity index (χ1v) is 8.67. The van der Waals surface area contributed by atoms with Gasteiger partial charge in [-0.2, -0.15) is 0 Å². The Balaban J connectivity index is 2.01. The molecule has 3 aromatic carbocycles. The molecule has 0 unspecified atom stereocenters. The highest BCUT2D eigenvalue weighted by Gasteiger charge is 2.31. The molecule has 6 heteroatoms. The summed E-state index contributed by atoms with van der Waals surface area (Å²) in [6.07, 6.45) is 0. The number of nitro benzene ring substituents is 1. The lowest BCUT2D eigenvalue weighted by molar-refractivity contribution is -0.384. The summed E-state index contributed by atoms with van der Waals surface area (Å²) < 4.78 is 0. The molecule has 0 bridgehead atoms. The molecule has 3 rings (SSSR count). The Morgan fingerprint density at radius 3 is 1.93 bits per heavy atom. The zero-order valence-electron chi connectivity index (χ0n) is 14.6. The monoisotopic (exact) mass is 380 g/mol. The fourth-order valence-electron chi connectivity index (χ4n) is 2.95. The van der Waals surface area contributed by atoms with E-state index in [4.69, 9.17) is 11.6 Å². The van der Waals surface area contributed by atoms with Crippen molar-refractivity contribution in [2.45, 2.75) is 12.5 Å². The van der Waals surface area contributed by atoms with Crippen molar-refractivity contribution in [3.8, 4) is 0 Å². The lowest BCUT2D eigenvalue weighted by Crippen LogP contribution is -2.44. The third-order valence-electron chi connectivity index (χ3n) is 4.47. The van der Waals surface area contributed by atoms with E-state index in [2.05, 4.69) is 5.32 Å². The predicted octanol–water partition coefficient (Wildman–Crippen LogP) is 4.94. The van der Waals surface area contributed by atoms with Crippen LogP contribution in [-0.2, 0) is 5.54 Å². The molecular weight excluding hydrogens is 364 g/mol. The van der Waals surface area contributed by atoms with Gasteiger partial charge in [-0.25, -0.2) is 0 Å². The highest BCUT2D eigenvalue weighted by atomic mass is 35.5. The highest BCUT2D eigenvalue weighted by Crippen LogP contribution is 2.30. The van der Waals surface area contributed by atoms with E-state index in [0.717, 1.165) is 11.1 Å². The molecule has 0 saturated carbocycles. The molecule has 0 atom stereocenters. The molecule has 0 aliphatic heterocycles. The fourth-order valence-corrected chi connectivity index (χ4v) is 3.21. The second-order valence-corrected chi connectivity index (χ2v) is 6.64. The number of hydrogen-bond donors (Lipinski definition) is 1. The largest absolute Gasteiger partial charge is 0.339 e. The zero-order valence-corrected chi connectivity index (χ0v) is 15.3. The third kappa shape index (κ3) is 3.83. The Morgan fingerprint density at radius 2 is 1.48 bits per heavy atom. The van der Waals surface area contributed by atoms with E-state index in [0.29, 0.717) is 0 Å². The maximum Gasteiger partial charge on any atom is 0.270 e. The summed E-state index contributed by atoms with van der Waals surface area (Å²) in [4.78, 5) is 23.3. The Bertz CT molecular complexity index is 936. The van der Waals surface area contributed by atoms with E-state index in [-0.39, 0.29) is 16.3 Å². The molecule has 0 aliphatic rings. The predicted molar refractivity (Wildman–Crippen MR) is 105 cm³/mol. The normalized spacial score (nSPS) is 11.0. The van der Waals surface area contributed by atoms with Gasteiger partial charge in [0.25, 0.3) is 11.6 Å². The van der Waals surface area contributed by atoms with Gasteiger partial charge in [-0.1, -0.05) is 72.3 Å². The van der Waals surface area contributed by atoms with Crippen molar-refractivity contribution in [2.75, 3.05) is 0 Å². The first kappa shape index (κ1) is 18.6. The summed E-state index contributed by atoms with van der Waals surface area (Å²) in [5.41, 5.74) is 1.03. The lowest BCUT2D eigenvalue weighted by Gasteiger charge is -2.32. The Morgan fingerprint density at radius 1 is 0.963 bits per heavy atom. The van der Waals surface area contributed by atoms with Crippen molar-refractivity contribution >= 4 is 23.2 Å². The van der Waals surface area contributed by atoms with Gasteiger partial charge < -0.3 is 5.32 Å². The molecular formula is C21H17ClN2O3. The molecule has 0 aromatic heterocycles. The molecule has 0 heterocycles. The number of amides is 1. The molecule has 27 heavy (non-hydrogen) atoms. The van der Waals surface area contributed by atoms with Crippen LogP contribution in [0.5, 0.6) is 0 Å². The van der Waals surface area contributed by atoms with Crippen molar-refractivity contribution in [1.29, 1.82) is 0 Å². The molecule has 1 amide bonds. The highest BCUT2D eigenvalue weighted by molar-refractivity contribution is 6.34. The Labute approximate surface area is 161 Å². The van der Waals surface area contributed by atoms with E-state index in [1.807, 2.05) is 67.6 Å². The van der Waals surface area contributed by atoms with Gasteiger partial charge in [0.15, 0.2) is 0 Å². The molecule has 3 aromatic rings. The Kier molecular flexibility index (Phi) is 5.23. The zero-order chi connectivity index (χ0) is 19.4. The maximum atomic E-state index is 12.9. The second kappa shape index (κ2) is 7.60. The van der Waals surface area contributed by atoms with Crippen LogP contribution >= 0.6 is 11.6 Å². The molecule has 0 spiro atoms. The summed E-state index contributed by atoms with van der Waals surface area (Å²) in [5, 5.41) is 14.0. The minimum Gasteiger partial charge on any atom is -0.339 e. The van der Waals surface area contributed by atoms with E-state index in [1.54, 1.807) is 0 Å². The van der Waals surface area contributed by atoms with E-state index in [9.17, 15) is 14.9 Å². The smallest absolute Gasteiger partial charge is 0.270 e. The van der Waals surface area contributed by atoms with Crippen LogP contribution in [0, 0.1) is 10.1 Å². The Hall–Kier alpha value is -3.18.